The van der Waals surface area contributed by atoms with Gasteiger partial charge in [0, 0.05) is 17.7 Å². The molecule has 0 unspecified atom stereocenters. The van der Waals surface area contributed by atoms with Crippen LogP contribution in [0.1, 0.15) is 30.5 Å². The van der Waals surface area contributed by atoms with Gasteiger partial charge in [-0.15, -0.1) is 0 Å². The standard InChI is InChI=1S/C16H21N3/c1-5-13-15(18-10-19-16(13)17-6-2)14-8-7-11(3)9-12(14)4/h7-10H,5-6H2,1-4H3,(H,17,18,19). The molecule has 2 aromatic rings. The van der Waals surface area contributed by atoms with Gasteiger partial charge in [0.1, 0.15) is 12.1 Å². The predicted molar refractivity (Wildman–Crippen MR) is 80.5 cm³/mol. The topological polar surface area (TPSA) is 37.8 Å². The SMILES string of the molecule is CCNc1ncnc(-c2ccc(C)cc2C)c1CC. The van der Waals surface area contributed by atoms with Crippen molar-refractivity contribution in [3.05, 3.63) is 41.2 Å². The summed E-state index contributed by atoms with van der Waals surface area (Å²) in [6.45, 7) is 9.35. The van der Waals surface area contributed by atoms with Crippen molar-refractivity contribution in [3.8, 4) is 11.3 Å². The maximum atomic E-state index is 4.50. The lowest BCUT2D eigenvalue weighted by Crippen LogP contribution is -2.06. The second kappa shape index (κ2) is 5.83. The molecule has 1 N–H and O–H groups in total. The Balaban J connectivity index is 2.58. The predicted octanol–water partition coefficient (Wildman–Crippen LogP) is 3.75. The molecule has 1 aromatic carbocycles. The third kappa shape index (κ3) is 2.75. The summed E-state index contributed by atoms with van der Waals surface area (Å²) in [5.74, 6) is 0.954. The van der Waals surface area contributed by atoms with Crippen LogP contribution in [-0.2, 0) is 6.42 Å². The molecule has 0 bridgehead atoms. The van der Waals surface area contributed by atoms with Crippen LogP contribution in [-0.4, -0.2) is 16.5 Å². The number of hydrogen-bond acceptors (Lipinski definition) is 3. The Morgan fingerprint density at radius 2 is 1.89 bits per heavy atom. The molecule has 1 aromatic heterocycles. The highest BCUT2D eigenvalue weighted by Gasteiger charge is 2.12. The number of rotatable bonds is 4. The van der Waals surface area contributed by atoms with E-state index in [1.54, 1.807) is 6.33 Å². The minimum atomic E-state index is 0.871. The first kappa shape index (κ1) is 13.5. The Labute approximate surface area is 115 Å². The van der Waals surface area contributed by atoms with Crippen molar-refractivity contribution in [2.75, 3.05) is 11.9 Å². The Kier molecular flexibility index (Phi) is 4.15. The van der Waals surface area contributed by atoms with Gasteiger partial charge in [-0.3, -0.25) is 0 Å². The quantitative estimate of drug-likeness (QED) is 0.904. The van der Waals surface area contributed by atoms with Gasteiger partial charge in [-0.25, -0.2) is 9.97 Å². The van der Waals surface area contributed by atoms with E-state index in [0.717, 1.165) is 24.5 Å². The van der Waals surface area contributed by atoms with E-state index in [0.29, 0.717) is 0 Å². The summed E-state index contributed by atoms with van der Waals surface area (Å²) in [6.07, 6.45) is 2.57. The number of aryl methyl sites for hydroxylation is 2. The highest BCUT2D eigenvalue weighted by molar-refractivity contribution is 5.71. The fraction of sp³-hybridized carbons (Fsp3) is 0.375. The van der Waals surface area contributed by atoms with Gasteiger partial charge < -0.3 is 5.32 Å². The molecule has 3 nitrogen and oxygen atoms in total. The fourth-order valence-corrected chi connectivity index (χ4v) is 2.38. The van der Waals surface area contributed by atoms with Gasteiger partial charge in [0.25, 0.3) is 0 Å². The van der Waals surface area contributed by atoms with Crippen molar-refractivity contribution in [1.29, 1.82) is 0 Å². The number of nitrogens with one attached hydrogen (secondary N) is 1. The molecule has 0 aliphatic rings. The summed E-state index contributed by atoms with van der Waals surface area (Å²) in [5, 5.41) is 3.32. The summed E-state index contributed by atoms with van der Waals surface area (Å²) in [6, 6.07) is 6.49. The van der Waals surface area contributed by atoms with Gasteiger partial charge in [-0.2, -0.15) is 0 Å². The average Bonchev–Trinajstić information content (AvgIpc) is 2.39. The van der Waals surface area contributed by atoms with Crippen molar-refractivity contribution in [2.24, 2.45) is 0 Å². The molecule has 0 fully saturated rings. The normalized spacial score (nSPS) is 10.5. The second-order valence-electron chi connectivity index (χ2n) is 4.75. The second-order valence-corrected chi connectivity index (χ2v) is 4.75. The van der Waals surface area contributed by atoms with Crippen LogP contribution in [0.2, 0.25) is 0 Å². The molecule has 0 spiro atoms. The minimum absolute atomic E-state index is 0.871. The first-order valence-electron chi connectivity index (χ1n) is 6.82. The molecule has 0 radical (unpaired) electrons. The van der Waals surface area contributed by atoms with Crippen LogP contribution in [0.3, 0.4) is 0 Å². The van der Waals surface area contributed by atoms with Crippen LogP contribution in [0.5, 0.6) is 0 Å². The highest BCUT2D eigenvalue weighted by atomic mass is 15.0. The van der Waals surface area contributed by atoms with Crippen molar-refractivity contribution in [2.45, 2.75) is 34.1 Å². The molecule has 0 aliphatic heterocycles. The molecule has 1 heterocycles. The number of anilines is 1. The molecule has 3 heteroatoms. The van der Waals surface area contributed by atoms with Crippen LogP contribution in [0, 0.1) is 13.8 Å². The first-order valence-corrected chi connectivity index (χ1v) is 6.82. The van der Waals surface area contributed by atoms with Crippen molar-refractivity contribution in [3.63, 3.8) is 0 Å². The summed E-state index contributed by atoms with van der Waals surface area (Å²) in [4.78, 5) is 8.85. The average molecular weight is 255 g/mol. The number of benzene rings is 1. The van der Waals surface area contributed by atoms with Gasteiger partial charge in [0.2, 0.25) is 0 Å². The van der Waals surface area contributed by atoms with Gasteiger partial charge >= 0.3 is 0 Å². The van der Waals surface area contributed by atoms with Crippen LogP contribution in [0.25, 0.3) is 11.3 Å². The third-order valence-corrected chi connectivity index (χ3v) is 3.28. The summed E-state index contributed by atoms with van der Waals surface area (Å²) < 4.78 is 0. The zero-order valence-corrected chi connectivity index (χ0v) is 12.1. The molecule has 0 saturated carbocycles. The van der Waals surface area contributed by atoms with E-state index in [4.69, 9.17) is 0 Å². The maximum Gasteiger partial charge on any atom is 0.133 e. The van der Waals surface area contributed by atoms with Crippen molar-refractivity contribution < 1.29 is 0 Å². The molecule has 0 saturated heterocycles. The number of hydrogen-bond donors (Lipinski definition) is 1. The van der Waals surface area contributed by atoms with Gasteiger partial charge in [-0.1, -0.05) is 30.7 Å². The van der Waals surface area contributed by atoms with E-state index in [-0.39, 0.29) is 0 Å². The van der Waals surface area contributed by atoms with E-state index in [2.05, 4.69) is 61.2 Å². The van der Waals surface area contributed by atoms with E-state index < -0.39 is 0 Å². The molecule has 19 heavy (non-hydrogen) atoms. The largest absolute Gasteiger partial charge is 0.370 e. The first-order chi connectivity index (χ1) is 9.17. The Hall–Kier alpha value is -1.90. The molecule has 0 aliphatic carbocycles. The van der Waals surface area contributed by atoms with Gasteiger partial charge in [0.05, 0.1) is 5.69 Å². The van der Waals surface area contributed by atoms with Crippen molar-refractivity contribution in [1.82, 2.24) is 9.97 Å². The Bertz CT molecular complexity index is 576. The van der Waals surface area contributed by atoms with E-state index in [9.17, 15) is 0 Å². The molecule has 0 atom stereocenters. The lowest BCUT2D eigenvalue weighted by atomic mass is 9.98. The molecule has 0 amide bonds. The van der Waals surface area contributed by atoms with E-state index >= 15 is 0 Å². The van der Waals surface area contributed by atoms with E-state index in [1.165, 1.54) is 22.3 Å². The van der Waals surface area contributed by atoms with Gasteiger partial charge in [-0.05, 0) is 32.8 Å². The lowest BCUT2D eigenvalue weighted by Gasteiger charge is -2.14. The smallest absolute Gasteiger partial charge is 0.133 e. The summed E-state index contributed by atoms with van der Waals surface area (Å²) >= 11 is 0. The number of nitrogens with zero attached hydrogens (tertiary/aromatic N) is 2. The molecular weight excluding hydrogens is 234 g/mol. The molecule has 2 rings (SSSR count). The van der Waals surface area contributed by atoms with Crippen LogP contribution in [0.15, 0.2) is 24.5 Å². The zero-order chi connectivity index (χ0) is 13.8. The third-order valence-electron chi connectivity index (χ3n) is 3.28. The fourth-order valence-electron chi connectivity index (χ4n) is 2.38. The summed E-state index contributed by atoms with van der Waals surface area (Å²) in [5.41, 5.74) is 5.97. The zero-order valence-electron chi connectivity index (χ0n) is 12.1. The van der Waals surface area contributed by atoms with Crippen LogP contribution in [0.4, 0.5) is 5.82 Å². The lowest BCUT2D eigenvalue weighted by molar-refractivity contribution is 1.03. The van der Waals surface area contributed by atoms with Crippen molar-refractivity contribution >= 4 is 5.82 Å². The molecular formula is C16H21N3. The summed E-state index contributed by atoms with van der Waals surface area (Å²) in [7, 11) is 0. The monoisotopic (exact) mass is 255 g/mol. The number of aromatic nitrogens is 2. The van der Waals surface area contributed by atoms with Crippen LogP contribution >= 0.6 is 0 Å². The Morgan fingerprint density at radius 3 is 2.53 bits per heavy atom. The van der Waals surface area contributed by atoms with Gasteiger partial charge in [0.15, 0.2) is 0 Å². The highest BCUT2D eigenvalue weighted by Crippen LogP contribution is 2.29. The Morgan fingerprint density at radius 1 is 1.11 bits per heavy atom. The minimum Gasteiger partial charge on any atom is -0.370 e. The molecule has 100 valence electrons. The maximum absolute atomic E-state index is 4.50. The van der Waals surface area contributed by atoms with E-state index in [1.807, 2.05) is 0 Å². The van der Waals surface area contributed by atoms with Crippen LogP contribution < -0.4 is 5.32 Å².